The van der Waals surface area contributed by atoms with Crippen LogP contribution in [0.1, 0.15) is 40.5 Å². The number of aromatic amines is 1. The van der Waals surface area contributed by atoms with E-state index in [2.05, 4.69) is 15.5 Å². The van der Waals surface area contributed by atoms with Crippen LogP contribution < -0.4 is 11.1 Å². The number of H-pyrrole nitrogens is 1. The SMILES string of the molecule is Nc1c(C(=O)NCc2ccsc2)n[nH]c1C1CC1. The first-order valence-electron chi connectivity index (χ1n) is 5.88. The van der Waals surface area contributed by atoms with Gasteiger partial charge in [0, 0.05) is 12.5 Å². The number of nitrogen functional groups attached to an aromatic ring is 1. The van der Waals surface area contributed by atoms with Crippen LogP contribution in [0.25, 0.3) is 0 Å². The van der Waals surface area contributed by atoms with Gasteiger partial charge in [-0.25, -0.2) is 0 Å². The molecule has 0 atom stereocenters. The summed E-state index contributed by atoms with van der Waals surface area (Å²) < 4.78 is 0. The smallest absolute Gasteiger partial charge is 0.274 e. The second kappa shape index (κ2) is 4.45. The van der Waals surface area contributed by atoms with Crippen LogP contribution in [-0.4, -0.2) is 16.1 Å². The summed E-state index contributed by atoms with van der Waals surface area (Å²) in [5, 5.41) is 13.7. The summed E-state index contributed by atoms with van der Waals surface area (Å²) in [6.45, 7) is 0.507. The summed E-state index contributed by atoms with van der Waals surface area (Å²) in [7, 11) is 0. The normalized spacial score (nSPS) is 14.7. The molecule has 0 radical (unpaired) electrons. The van der Waals surface area contributed by atoms with Crippen molar-refractivity contribution in [2.45, 2.75) is 25.3 Å². The first kappa shape index (κ1) is 11.3. The first-order chi connectivity index (χ1) is 8.75. The van der Waals surface area contributed by atoms with Gasteiger partial charge < -0.3 is 11.1 Å². The Morgan fingerprint density at radius 3 is 3.11 bits per heavy atom. The van der Waals surface area contributed by atoms with Crippen LogP contribution in [0.3, 0.4) is 0 Å². The number of rotatable bonds is 4. The largest absolute Gasteiger partial charge is 0.395 e. The van der Waals surface area contributed by atoms with Crippen LogP contribution in [0, 0.1) is 0 Å². The number of nitrogens with one attached hydrogen (secondary N) is 2. The molecule has 0 aromatic carbocycles. The minimum Gasteiger partial charge on any atom is -0.395 e. The summed E-state index contributed by atoms with van der Waals surface area (Å²) in [6, 6.07) is 1.98. The number of nitrogens with zero attached hydrogens (tertiary/aromatic N) is 1. The van der Waals surface area contributed by atoms with Crippen molar-refractivity contribution in [1.82, 2.24) is 15.5 Å². The standard InChI is InChI=1S/C12H14N4OS/c13-9-10(8-1-2-8)15-16-11(9)12(17)14-5-7-3-4-18-6-7/h3-4,6,8H,1-2,5,13H2,(H,14,17)(H,15,16). The number of thiophene rings is 1. The van der Waals surface area contributed by atoms with Crippen LogP contribution in [0.2, 0.25) is 0 Å². The van der Waals surface area contributed by atoms with E-state index in [9.17, 15) is 4.79 Å². The molecule has 3 rings (SSSR count). The highest BCUT2D eigenvalue weighted by molar-refractivity contribution is 7.07. The lowest BCUT2D eigenvalue weighted by Gasteiger charge is -2.02. The Morgan fingerprint density at radius 2 is 2.44 bits per heavy atom. The van der Waals surface area contributed by atoms with Gasteiger partial charge >= 0.3 is 0 Å². The van der Waals surface area contributed by atoms with Gasteiger partial charge in [0.25, 0.3) is 5.91 Å². The maximum absolute atomic E-state index is 11.9. The summed E-state index contributed by atoms with van der Waals surface area (Å²) in [5.41, 5.74) is 8.75. The molecular weight excluding hydrogens is 248 g/mol. The van der Waals surface area contributed by atoms with E-state index in [-0.39, 0.29) is 5.91 Å². The van der Waals surface area contributed by atoms with Crippen LogP contribution >= 0.6 is 11.3 Å². The minimum absolute atomic E-state index is 0.221. The second-order valence-electron chi connectivity index (χ2n) is 4.49. The molecule has 0 spiro atoms. The third-order valence-electron chi connectivity index (χ3n) is 3.07. The first-order valence-corrected chi connectivity index (χ1v) is 6.83. The summed E-state index contributed by atoms with van der Waals surface area (Å²) in [5.74, 6) is 0.248. The van der Waals surface area contributed by atoms with Gasteiger partial charge in [0.05, 0.1) is 11.4 Å². The second-order valence-corrected chi connectivity index (χ2v) is 5.27. The predicted octanol–water partition coefficient (Wildman–Crippen LogP) is 1.86. The molecule has 1 fully saturated rings. The van der Waals surface area contributed by atoms with Crippen molar-refractivity contribution >= 4 is 22.9 Å². The lowest BCUT2D eigenvalue weighted by Crippen LogP contribution is -2.23. The molecule has 94 valence electrons. The molecule has 1 amide bonds. The molecule has 1 saturated carbocycles. The van der Waals surface area contributed by atoms with Crippen molar-refractivity contribution in [3.63, 3.8) is 0 Å². The fraction of sp³-hybridized carbons (Fsp3) is 0.333. The van der Waals surface area contributed by atoms with Gasteiger partial charge in [-0.05, 0) is 35.2 Å². The van der Waals surface area contributed by atoms with E-state index in [0.717, 1.165) is 24.1 Å². The summed E-state index contributed by atoms with van der Waals surface area (Å²) in [4.78, 5) is 11.9. The maximum Gasteiger partial charge on any atom is 0.274 e. The van der Waals surface area contributed by atoms with E-state index in [1.165, 1.54) is 0 Å². The van der Waals surface area contributed by atoms with Crippen LogP contribution in [0.5, 0.6) is 0 Å². The van der Waals surface area contributed by atoms with Crippen molar-refractivity contribution < 1.29 is 4.79 Å². The zero-order valence-corrected chi connectivity index (χ0v) is 10.6. The Labute approximate surface area is 108 Å². The molecule has 2 aromatic heterocycles. The highest BCUT2D eigenvalue weighted by Crippen LogP contribution is 2.42. The highest BCUT2D eigenvalue weighted by atomic mass is 32.1. The van der Waals surface area contributed by atoms with E-state index >= 15 is 0 Å². The van der Waals surface area contributed by atoms with E-state index in [0.29, 0.717) is 23.8 Å². The summed E-state index contributed by atoms with van der Waals surface area (Å²) >= 11 is 1.61. The zero-order chi connectivity index (χ0) is 12.5. The number of carbonyl (C=O) groups excluding carboxylic acids is 1. The molecule has 1 aliphatic carbocycles. The molecule has 0 saturated heterocycles. The number of hydrogen-bond donors (Lipinski definition) is 3. The Kier molecular flexibility index (Phi) is 2.79. The number of amides is 1. The van der Waals surface area contributed by atoms with Crippen LogP contribution in [0.4, 0.5) is 5.69 Å². The Morgan fingerprint density at radius 1 is 1.61 bits per heavy atom. The quantitative estimate of drug-likeness (QED) is 0.786. The molecule has 18 heavy (non-hydrogen) atoms. The van der Waals surface area contributed by atoms with E-state index in [4.69, 9.17) is 5.73 Å². The Bertz CT molecular complexity index is 557. The highest BCUT2D eigenvalue weighted by Gasteiger charge is 2.30. The number of hydrogen-bond acceptors (Lipinski definition) is 4. The molecule has 0 aliphatic heterocycles. The molecule has 4 N–H and O–H groups in total. The van der Waals surface area contributed by atoms with Gasteiger partial charge in [-0.2, -0.15) is 16.4 Å². The molecule has 0 bridgehead atoms. The zero-order valence-electron chi connectivity index (χ0n) is 9.77. The lowest BCUT2D eigenvalue weighted by molar-refractivity contribution is 0.0947. The third kappa shape index (κ3) is 2.11. The van der Waals surface area contributed by atoms with Gasteiger partial charge in [-0.3, -0.25) is 9.89 Å². The van der Waals surface area contributed by atoms with Crippen LogP contribution in [0.15, 0.2) is 16.8 Å². The van der Waals surface area contributed by atoms with Gasteiger partial charge in [0.1, 0.15) is 0 Å². The fourth-order valence-electron chi connectivity index (χ4n) is 1.88. The number of carbonyl (C=O) groups is 1. The molecule has 2 aromatic rings. The molecule has 1 aliphatic rings. The van der Waals surface area contributed by atoms with Gasteiger partial charge in [0.15, 0.2) is 5.69 Å². The average molecular weight is 262 g/mol. The van der Waals surface area contributed by atoms with Gasteiger partial charge in [-0.15, -0.1) is 0 Å². The van der Waals surface area contributed by atoms with E-state index in [1.54, 1.807) is 11.3 Å². The predicted molar refractivity (Wildman–Crippen MR) is 70.5 cm³/mol. The van der Waals surface area contributed by atoms with E-state index in [1.807, 2.05) is 16.8 Å². The number of nitrogens with two attached hydrogens (primary N) is 1. The van der Waals surface area contributed by atoms with Gasteiger partial charge in [-0.1, -0.05) is 0 Å². The lowest BCUT2D eigenvalue weighted by atomic mass is 10.2. The number of anilines is 1. The minimum atomic E-state index is -0.221. The third-order valence-corrected chi connectivity index (χ3v) is 3.80. The van der Waals surface area contributed by atoms with E-state index < -0.39 is 0 Å². The Hall–Kier alpha value is -1.82. The monoisotopic (exact) mass is 262 g/mol. The Balaban J connectivity index is 1.68. The number of aromatic nitrogens is 2. The fourth-order valence-corrected chi connectivity index (χ4v) is 2.55. The van der Waals surface area contributed by atoms with Crippen molar-refractivity contribution in [1.29, 1.82) is 0 Å². The maximum atomic E-state index is 11.9. The average Bonchev–Trinajstić information content (AvgIpc) is 2.93. The van der Waals surface area contributed by atoms with Crippen molar-refractivity contribution in [2.24, 2.45) is 0 Å². The van der Waals surface area contributed by atoms with Gasteiger partial charge in [0.2, 0.25) is 0 Å². The van der Waals surface area contributed by atoms with Crippen molar-refractivity contribution in [3.8, 4) is 0 Å². The van der Waals surface area contributed by atoms with Crippen molar-refractivity contribution in [2.75, 3.05) is 5.73 Å². The summed E-state index contributed by atoms with van der Waals surface area (Å²) in [6.07, 6.45) is 2.25. The molecule has 5 nitrogen and oxygen atoms in total. The van der Waals surface area contributed by atoms with Crippen molar-refractivity contribution in [3.05, 3.63) is 33.8 Å². The molecule has 6 heteroatoms. The topological polar surface area (TPSA) is 83.8 Å². The van der Waals surface area contributed by atoms with Crippen LogP contribution in [-0.2, 0) is 6.54 Å². The molecular formula is C12H14N4OS. The molecule has 0 unspecified atom stereocenters. The molecule has 2 heterocycles.